The molecule has 0 bridgehead atoms. The number of halogens is 4. The highest BCUT2D eigenvalue weighted by Crippen LogP contribution is 2.26. The first-order chi connectivity index (χ1) is 11.4. The molecule has 0 saturated carbocycles. The van der Waals surface area contributed by atoms with E-state index in [-0.39, 0.29) is 12.2 Å². The standard InChI is InChI=1S/C13H13Cl3FNO6S/c1-2-23-12(20)10(11(19)8-3-5-9(17)6-4-8)18-25(21,22)24-7-13(14,15)16/h3-6,10,18H,2,7H2,1H3. The first-order valence-corrected chi connectivity index (χ1v) is 9.19. The Morgan fingerprint density at radius 3 is 2.28 bits per heavy atom. The second kappa shape index (κ2) is 9.11. The second-order valence-corrected chi connectivity index (χ2v) is 8.40. The Morgan fingerprint density at radius 1 is 1.24 bits per heavy atom. The average molecular weight is 437 g/mol. The van der Waals surface area contributed by atoms with Crippen molar-refractivity contribution in [3.05, 3.63) is 35.6 Å². The Morgan fingerprint density at radius 2 is 1.80 bits per heavy atom. The summed E-state index contributed by atoms with van der Waals surface area (Å²) in [5, 5.41) is 0. The highest BCUT2D eigenvalue weighted by atomic mass is 35.6. The Kier molecular flexibility index (Phi) is 8.04. The zero-order chi connectivity index (χ0) is 19.3. The van der Waals surface area contributed by atoms with Crippen LogP contribution in [-0.4, -0.2) is 43.2 Å². The summed E-state index contributed by atoms with van der Waals surface area (Å²) in [6.45, 7) is 0.501. The van der Waals surface area contributed by atoms with Crippen molar-refractivity contribution in [2.24, 2.45) is 0 Å². The molecular weight excluding hydrogens is 424 g/mol. The lowest BCUT2D eigenvalue weighted by atomic mass is 10.1. The van der Waals surface area contributed by atoms with Crippen LogP contribution in [0.5, 0.6) is 0 Å². The smallest absolute Gasteiger partial charge is 0.337 e. The minimum Gasteiger partial charge on any atom is -0.464 e. The minimum absolute atomic E-state index is 0.108. The molecule has 0 amide bonds. The number of ether oxygens (including phenoxy) is 1. The lowest BCUT2D eigenvalue weighted by Gasteiger charge is -2.17. The zero-order valence-electron chi connectivity index (χ0n) is 12.7. The third-order valence-corrected chi connectivity index (χ3v) is 3.83. The Balaban J connectivity index is 3.02. The van der Waals surface area contributed by atoms with Gasteiger partial charge in [-0.15, -0.1) is 0 Å². The monoisotopic (exact) mass is 435 g/mol. The predicted molar refractivity (Wildman–Crippen MR) is 89.4 cm³/mol. The lowest BCUT2D eigenvalue weighted by molar-refractivity contribution is -0.143. The van der Waals surface area contributed by atoms with E-state index in [1.54, 1.807) is 4.72 Å². The molecule has 0 aliphatic carbocycles. The van der Waals surface area contributed by atoms with E-state index >= 15 is 0 Å². The normalized spacial score (nSPS) is 13.3. The summed E-state index contributed by atoms with van der Waals surface area (Å²) in [5.41, 5.74) is -0.122. The van der Waals surface area contributed by atoms with Crippen LogP contribution in [0, 0.1) is 5.82 Å². The van der Waals surface area contributed by atoms with E-state index < -0.39 is 44.3 Å². The van der Waals surface area contributed by atoms with Crippen molar-refractivity contribution in [1.29, 1.82) is 0 Å². The highest BCUT2D eigenvalue weighted by molar-refractivity contribution is 7.84. The predicted octanol–water partition coefficient (Wildman–Crippen LogP) is 2.16. The maximum Gasteiger partial charge on any atom is 0.337 e. The van der Waals surface area contributed by atoms with Crippen molar-refractivity contribution in [3.8, 4) is 0 Å². The maximum atomic E-state index is 12.9. The molecule has 1 aromatic carbocycles. The molecule has 0 aromatic heterocycles. The van der Waals surface area contributed by atoms with Crippen molar-refractivity contribution in [3.63, 3.8) is 0 Å². The highest BCUT2D eigenvalue weighted by Gasteiger charge is 2.35. The topological polar surface area (TPSA) is 98.8 Å². The molecule has 0 aliphatic rings. The summed E-state index contributed by atoms with van der Waals surface area (Å²) < 4.78 is 45.4. The minimum atomic E-state index is -4.64. The van der Waals surface area contributed by atoms with Gasteiger partial charge in [-0.25, -0.2) is 9.18 Å². The van der Waals surface area contributed by atoms with E-state index in [4.69, 9.17) is 34.8 Å². The van der Waals surface area contributed by atoms with Crippen molar-refractivity contribution in [1.82, 2.24) is 4.72 Å². The van der Waals surface area contributed by atoms with Crippen LogP contribution >= 0.6 is 34.8 Å². The third kappa shape index (κ3) is 7.85. The summed E-state index contributed by atoms with van der Waals surface area (Å²) in [7, 11) is -4.64. The first-order valence-electron chi connectivity index (χ1n) is 6.65. The van der Waals surface area contributed by atoms with Crippen LogP contribution in [0.25, 0.3) is 0 Å². The number of hydrogen-bond acceptors (Lipinski definition) is 6. The number of benzene rings is 1. The Bertz CT molecular complexity index is 720. The molecule has 0 aliphatic heterocycles. The molecular formula is C13H13Cl3FNO6S. The first kappa shape index (κ1) is 22.1. The number of esters is 1. The van der Waals surface area contributed by atoms with Crippen LogP contribution in [0.15, 0.2) is 24.3 Å². The zero-order valence-corrected chi connectivity index (χ0v) is 15.8. The summed E-state index contributed by atoms with van der Waals surface area (Å²) in [4.78, 5) is 24.3. The van der Waals surface area contributed by atoms with Gasteiger partial charge in [0, 0.05) is 5.56 Å². The van der Waals surface area contributed by atoms with Crippen molar-refractivity contribution in [2.45, 2.75) is 16.8 Å². The number of hydrogen-bond donors (Lipinski definition) is 1. The third-order valence-electron chi connectivity index (χ3n) is 2.55. The van der Waals surface area contributed by atoms with Crippen LogP contribution in [0.4, 0.5) is 4.39 Å². The molecule has 0 saturated heterocycles. The van der Waals surface area contributed by atoms with Gasteiger partial charge in [-0.3, -0.25) is 8.98 Å². The maximum absolute atomic E-state index is 12.9. The Hall–Kier alpha value is -0.970. The number of rotatable bonds is 8. The summed E-state index contributed by atoms with van der Waals surface area (Å²) in [5.74, 6) is -2.76. The van der Waals surface area contributed by atoms with E-state index in [2.05, 4.69) is 8.92 Å². The van der Waals surface area contributed by atoms with E-state index in [1.807, 2.05) is 0 Å². The van der Waals surface area contributed by atoms with Gasteiger partial charge in [-0.1, -0.05) is 34.8 Å². The van der Waals surface area contributed by atoms with Gasteiger partial charge in [0.2, 0.25) is 3.79 Å². The summed E-state index contributed by atoms with van der Waals surface area (Å²) >= 11 is 16.1. The fraction of sp³-hybridized carbons (Fsp3) is 0.385. The van der Waals surface area contributed by atoms with E-state index in [0.717, 1.165) is 24.3 Å². The largest absolute Gasteiger partial charge is 0.464 e. The quantitative estimate of drug-likeness (QED) is 0.290. The van der Waals surface area contributed by atoms with E-state index in [0.29, 0.717) is 0 Å². The SMILES string of the molecule is CCOC(=O)C(NS(=O)(=O)OCC(Cl)(Cl)Cl)C(=O)c1ccc(F)cc1. The molecule has 1 aromatic rings. The van der Waals surface area contributed by atoms with Crippen molar-refractivity contribution >= 4 is 56.9 Å². The van der Waals surface area contributed by atoms with Crippen LogP contribution < -0.4 is 4.72 Å². The molecule has 1 unspecified atom stereocenters. The fourth-order valence-electron chi connectivity index (χ4n) is 1.54. The van der Waals surface area contributed by atoms with Crippen molar-refractivity contribution < 1.29 is 31.3 Å². The molecule has 25 heavy (non-hydrogen) atoms. The van der Waals surface area contributed by atoms with Crippen LogP contribution in [0.1, 0.15) is 17.3 Å². The molecule has 0 spiro atoms. The van der Waals surface area contributed by atoms with Gasteiger partial charge in [0.1, 0.15) is 12.4 Å². The van der Waals surface area contributed by atoms with Gasteiger partial charge in [-0.2, -0.15) is 13.1 Å². The van der Waals surface area contributed by atoms with Gasteiger partial charge in [0.05, 0.1) is 6.61 Å². The molecule has 0 fully saturated rings. The van der Waals surface area contributed by atoms with Gasteiger partial charge >= 0.3 is 16.3 Å². The summed E-state index contributed by atoms with van der Waals surface area (Å²) in [6.07, 6.45) is 0. The second-order valence-electron chi connectivity index (χ2n) is 4.51. The van der Waals surface area contributed by atoms with Gasteiger partial charge in [0.15, 0.2) is 11.8 Å². The van der Waals surface area contributed by atoms with Crippen LogP contribution in [0.2, 0.25) is 0 Å². The fourth-order valence-corrected chi connectivity index (χ4v) is 2.79. The molecule has 1 atom stereocenters. The molecule has 140 valence electrons. The number of nitrogens with one attached hydrogen (secondary N) is 1. The molecule has 12 heteroatoms. The van der Waals surface area contributed by atoms with Crippen LogP contribution in [-0.2, 0) is 24.0 Å². The molecule has 7 nitrogen and oxygen atoms in total. The van der Waals surface area contributed by atoms with Gasteiger partial charge in [-0.05, 0) is 31.2 Å². The van der Waals surface area contributed by atoms with Gasteiger partial charge in [0.25, 0.3) is 0 Å². The van der Waals surface area contributed by atoms with Crippen molar-refractivity contribution in [2.75, 3.05) is 13.2 Å². The molecule has 1 N–H and O–H groups in total. The molecule has 0 heterocycles. The van der Waals surface area contributed by atoms with Crippen LogP contribution in [0.3, 0.4) is 0 Å². The average Bonchev–Trinajstić information content (AvgIpc) is 2.50. The molecule has 0 radical (unpaired) electrons. The number of alkyl halides is 3. The number of carbonyl (C=O) groups excluding carboxylic acids is 2. The molecule has 1 rings (SSSR count). The lowest BCUT2D eigenvalue weighted by Crippen LogP contribution is -2.48. The number of carbonyl (C=O) groups is 2. The van der Waals surface area contributed by atoms with E-state index in [1.165, 1.54) is 6.92 Å². The Labute approximate surface area is 158 Å². The number of ketones is 1. The summed E-state index contributed by atoms with van der Waals surface area (Å²) in [6, 6.07) is 2.17. The number of Topliss-reactive ketones (excluding diaryl/α,β-unsaturated/α-hetero) is 1. The van der Waals surface area contributed by atoms with Gasteiger partial charge < -0.3 is 4.74 Å². The van der Waals surface area contributed by atoms with E-state index in [9.17, 15) is 22.4 Å².